The number of rotatable bonds is 0. The molecule has 0 aromatic rings. The van der Waals surface area contributed by atoms with Crippen molar-refractivity contribution in [2.45, 2.75) is 6.42 Å². The van der Waals surface area contributed by atoms with Crippen molar-refractivity contribution in [3.63, 3.8) is 0 Å². The van der Waals surface area contributed by atoms with Crippen LogP contribution in [-0.2, 0) is 0 Å². The summed E-state index contributed by atoms with van der Waals surface area (Å²) in [6, 6.07) is 0. The van der Waals surface area contributed by atoms with Crippen molar-refractivity contribution < 1.29 is 0 Å². The summed E-state index contributed by atoms with van der Waals surface area (Å²) in [5, 5.41) is 0. The summed E-state index contributed by atoms with van der Waals surface area (Å²) in [4.78, 5) is 4.19. The van der Waals surface area contributed by atoms with Crippen molar-refractivity contribution in [1.82, 2.24) is 0 Å². The highest BCUT2D eigenvalue weighted by atomic mass is 14.7. The van der Waals surface area contributed by atoms with E-state index in [4.69, 9.17) is 0 Å². The highest BCUT2D eigenvalue weighted by Crippen LogP contribution is 2.46. The van der Waals surface area contributed by atoms with Gasteiger partial charge in [0.2, 0.25) is 0 Å². The van der Waals surface area contributed by atoms with E-state index < -0.39 is 0 Å². The molecule has 1 nitrogen and oxygen atoms in total. The Kier molecular flexibility index (Phi) is 1.48. The molecule has 0 saturated carbocycles. The van der Waals surface area contributed by atoms with Gasteiger partial charge in [-0.2, -0.15) is 0 Å². The van der Waals surface area contributed by atoms with Crippen molar-refractivity contribution in [1.29, 1.82) is 0 Å². The van der Waals surface area contributed by atoms with Gasteiger partial charge in [0, 0.05) is 17.8 Å². The van der Waals surface area contributed by atoms with Gasteiger partial charge in [-0.15, -0.1) is 0 Å². The van der Waals surface area contributed by atoms with E-state index in [2.05, 4.69) is 47.5 Å². The zero-order valence-electron chi connectivity index (χ0n) is 7.85. The first-order valence-corrected chi connectivity index (χ1v) is 4.89. The van der Waals surface area contributed by atoms with Crippen LogP contribution in [-0.4, -0.2) is 6.21 Å². The second kappa shape index (κ2) is 2.68. The summed E-state index contributed by atoms with van der Waals surface area (Å²) >= 11 is 0. The maximum atomic E-state index is 4.19. The Balaban J connectivity index is 2.22. The van der Waals surface area contributed by atoms with Crippen LogP contribution in [0.1, 0.15) is 6.42 Å². The van der Waals surface area contributed by atoms with Gasteiger partial charge in [-0.3, -0.25) is 4.99 Å². The molecule has 0 fully saturated rings. The minimum absolute atomic E-state index is 0.0885. The SMILES string of the molecule is C1=CCC23C=CN=CC2=CC=CC3=C1. The van der Waals surface area contributed by atoms with Gasteiger partial charge >= 0.3 is 0 Å². The maximum Gasteiger partial charge on any atom is 0.0449 e. The molecular formula is C13H11N. The van der Waals surface area contributed by atoms with Crippen LogP contribution in [0.3, 0.4) is 0 Å². The molecule has 1 spiro atoms. The molecule has 0 aromatic carbocycles. The fourth-order valence-electron chi connectivity index (χ4n) is 2.30. The standard InChI is InChI=1S/C13H11N/c1-2-7-13-8-9-14-10-12(13)6-3-5-11(13)4-1/h1-6,8-10H,7H2. The van der Waals surface area contributed by atoms with Crippen LogP contribution in [0, 0.1) is 5.41 Å². The molecule has 0 aromatic heterocycles. The quantitative estimate of drug-likeness (QED) is 0.545. The molecule has 1 atom stereocenters. The van der Waals surface area contributed by atoms with Crippen LogP contribution in [0.5, 0.6) is 0 Å². The lowest BCUT2D eigenvalue weighted by Gasteiger charge is -2.37. The molecule has 1 heteroatoms. The minimum Gasteiger partial charge on any atom is -0.265 e. The molecule has 0 radical (unpaired) electrons. The van der Waals surface area contributed by atoms with E-state index in [0.29, 0.717) is 0 Å². The zero-order valence-corrected chi connectivity index (χ0v) is 7.85. The average Bonchev–Trinajstić information content (AvgIpc) is 2.26. The molecule has 2 aliphatic carbocycles. The van der Waals surface area contributed by atoms with E-state index in [1.807, 2.05) is 12.4 Å². The number of hydrogen-bond acceptors (Lipinski definition) is 1. The lowest BCUT2D eigenvalue weighted by atomic mass is 9.67. The second-order valence-corrected chi connectivity index (χ2v) is 3.80. The number of allylic oxidation sites excluding steroid dienone is 9. The van der Waals surface area contributed by atoms with E-state index in [-0.39, 0.29) is 5.41 Å². The molecule has 1 unspecified atom stereocenters. The summed E-state index contributed by atoms with van der Waals surface area (Å²) in [5.41, 5.74) is 2.77. The van der Waals surface area contributed by atoms with Gasteiger partial charge < -0.3 is 0 Å². The molecule has 3 rings (SSSR count). The molecule has 0 saturated heterocycles. The van der Waals surface area contributed by atoms with E-state index >= 15 is 0 Å². The third-order valence-corrected chi connectivity index (χ3v) is 3.09. The van der Waals surface area contributed by atoms with Crippen molar-refractivity contribution in [2.24, 2.45) is 10.4 Å². The zero-order chi connectivity index (χ0) is 9.43. The van der Waals surface area contributed by atoms with Gasteiger partial charge in [-0.1, -0.05) is 42.5 Å². The van der Waals surface area contributed by atoms with Crippen LogP contribution in [0.4, 0.5) is 0 Å². The van der Waals surface area contributed by atoms with Gasteiger partial charge in [0.15, 0.2) is 0 Å². The predicted molar refractivity (Wildman–Crippen MR) is 59.1 cm³/mol. The van der Waals surface area contributed by atoms with Gasteiger partial charge in [-0.05, 0) is 17.6 Å². The molecule has 0 bridgehead atoms. The Bertz CT molecular complexity index is 434. The Hall–Kier alpha value is -1.63. The van der Waals surface area contributed by atoms with Crippen LogP contribution in [0.25, 0.3) is 0 Å². The molecule has 1 aliphatic heterocycles. The van der Waals surface area contributed by atoms with E-state index in [0.717, 1.165) is 6.42 Å². The number of aliphatic imine (C=N–C) groups is 1. The predicted octanol–water partition coefficient (Wildman–Crippen LogP) is 2.95. The molecule has 1 heterocycles. The highest BCUT2D eigenvalue weighted by Gasteiger charge is 2.36. The summed E-state index contributed by atoms with van der Waals surface area (Å²) in [6.07, 6.45) is 20.1. The number of hydrogen-bond donors (Lipinski definition) is 0. The van der Waals surface area contributed by atoms with E-state index in [9.17, 15) is 0 Å². The third-order valence-electron chi connectivity index (χ3n) is 3.09. The third kappa shape index (κ3) is 0.869. The normalized spacial score (nSPS) is 32.0. The highest BCUT2D eigenvalue weighted by molar-refractivity contribution is 5.86. The van der Waals surface area contributed by atoms with E-state index in [1.165, 1.54) is 11.1 Å². The fraction of sp³-hybridized carbons (Fsp3) is 0.154. The van der Waals surface area contributed by atoms with Crippen LogP contribution in [0.15, 0.2) is 64.9 Å². The maximum absolute atomic E-state index is 4.19. The molecule has 0 N–H and O–H groups in total. The first-order chi connectivity index (χ1) is 6.92. The smallest absolute Gasteiger partial charge is 0.0449 e. The Morgan fingerprint density at radius 1 is 1.14 bits per heavy atom. The molecule has 0 amide bonds. The fourth-order valence-corrected chi connectivity index (χ4v) is 2.30. The van der Waals surface area contributed by atoms with Gasteiger partial charge in [0.25, 0.3) is 0 Å². The van der Waals surface area contributed by atoms with Gasteiger partial charge in [0.05, 0.1) is 0 Å². The average molecular weight is 181 g/mol. The Morgan fingerprint density at radius 2 is 2.07 bits per heavy atom. The van der Waals surface area contributed by atoms with Gasteiger partial charge in [0.1, 0.15) is 0 Å². The van der Waals surface area contributed by atoms with Crippen molar-refractivity contribution in [3.8, 4) is 0 Å². The van der Waals surface area contributed by atoms with E-state index in [1.54, 1.807) is 0 Å². The summed E-state index contributed by atoms with van der Waals surface area (Å²) < 4.78 is 0. The summed E-state index contributed by atoms with van der Waals surface area (Å²) in [6.45, 7) is 0. The first kappa shape index (κ1) is 7.74. The number of nitrogens with zero attached hydrogens (tertiary/aromatic N) is 1. The summed E-state index contributed by atoms with van der Waals surface area (Å²) in [5.74, 6) is 0. The second-order valence-electron chi connectivity index (χ2n) is 3.80. The van der Waals surface area contributed by atoms with Crippen LogP contribution >= 0.6 is 0 Å². The van der Waals surface area contributed by atoms with Crippen LogP contribution < -0.4 is 0 Å². The minimum atomic E-state index is 0.0885. The molecule has 68 valence electrons. The molecule has 3 aliphatic rings. The summed E-state index contributed by atoms with van der Waals surface area (Å²) in [7, 11) is 0. The first-order valence-electron chi connectivity index (χ1n) is 4.89. The largest absolute Gasteiger partial charge is 0.265 e. The Labute approximate surface area is 83.5 Å². The van der Waals surface area contributed by atoms with Crippen LogP contribution in [0.2, 0.25) is 0 Å². The Morgan fingerprint density at radius 3 is 3.07 bits per heavy atom. The van der Waals surface area contributed by atoms with Crippen molar-refractivity contribution >= 4 is 6.21 Å². The van der Waals surface area contributed by atoms with Crippen molar-refractivity contribution in [3.05, 3.63) is 59.9 Å². The lowest BCUT2D eigenvalue weighted by molar-refractivity contribution is 0.577. The van der Waals surface area contributed by atoms with Gasteiger partial charge in [-0.25, -0.2) is 0 Å². The molecular weight excluding hydrogens is 170 g/mol. The topological polar surface area (TPSA) is 12.4 Å². The molecule has 14 heavy (non-hydrogen) atoms. The lowest BCUT2D eigenvalue weighted by Crippen LogP contribution is -2.27. The van der Waals surface area contributed by atoms with Crippen molar-refractivity contribution in [2.75, 3.05) is 0 Å². The monoisotopic (exact) mass is 181 g/mol.